The van der Waals surface area contributed by atoms with Crippen LogP contribution in [0.1, 0.15) is 27.2 Å². The fourth-order valence-electron chi connectivity index (χ4n) is 1.46. The molecule has 6 heteroatoms. The number of nitrogens with one attached hydrogen (secondary N) is 1. The van der Waals surface area contributed by atoms with Crippen LogP contribution in [0.4, 0.5) is 5.82 Å². The van der Waals surface area contributed by atoms with Crippen molar-refractivity contribution >= 4 is 33.3 Å². The van der Waals surface area contributed by atoms with Crippen molar-refractivity contribution in [3.05, 3.63) is 16.0 Å². The van der Waals surface area contributed by atoms with E-state index >= 15 is 0 Å². The second-order valence-corrected chi connectivity index (χ2v) is 6.10. The average molecular weight is 323 g/mol. The number of nitrogens with zero attached hydrogens (tertiary/aromatic N) is 2. The highest BCUT2D eigenvalue weighted by molar-refractivity contribution is 9.10. The summed E-state index contributed by atoms with van der Waals surface area (Å²) in [5.41, 5.74) is 0.0135. The molecule has 0 saturated carbocycles. The van der Waals surface area contributed by atoms with Gasteiger partial charge in [0, 0.05) is 18.8 Å². The quantitative estimate of drug-likeness (QED) is 0.836. The molecule has 0 fully saturated rings. The largest absolute Gasteiger partial charge is 0.396 e. The molecule has 0 aliphatic carbocycles. The Balaban J connectivity index is 2.89. The standard InChI is InChI=1S/C11H17BrClN3O/c1-11(2,3)8(4-5-17)15-9-7(12)6-14-10(13)16-9/h6,8,17H,4-5H2,1-3H3,(H,14,15,16). The molecule has 0 radical (unpaired) electrons. The Kier molecular flexibility index (Phi) is 5.16. The highest BCUT2D eigenvalue weighted by atomic mass is 79.9. The normalized spacial score (nSPS) is 13.5. The first-order valence-corrected chi connectivity index (χ1v) is 6.57. The maximum Gasteiger partial charge on any atom is 0.224 e. The first kappa shape index (κ1) is 14.7. The Morgan fingerprint density at radius 1 is 1.53 bits per heavy atom. The molecule has 0 spiro atoms. The summed E-state index contributed by atoms with van der Waals surface area (Å²) in [7, 11) is 0. The Morgan fingerprint density at radius 2 is 2.18 bits per heavy atom. The van der Waals surface area contributed by atoms with Gasteiger partial charge in [-0.3, -0.25) is 0 Å². The van der Waals surface area contributed by atoms with E-state index in [1.807, 2.05) is 0 Å². The van der Waals surface area contributed by atoms with E-state index in [0.29, 0.717) is 12.2 Å². The predicted octanol–water partition coefficient (Wildman–Crippen LogP) is 3.10. The van der Waals surface area contributed by atoms with Crippen molar-refractivity contribution in [3.8, 4) is 0 Å². The Bertz CT molecular complexity index is 381. The molecule has 1 aromatic rings. The third-order valence-electron chi connectivity index (χ3n) is 2.49. The van der Waals surface area contributed by atoms with Gasteiger partial charge in [-0.15, -0.1) is 0 Å². The van der Waals surface area contributed by atoms with Crippen LogP contribution in [0.2, 0.25) is 5.28 Å². The lowest BCUT2D eigenvalue weighted by molar-refractivity contribution is 0.235. The summed E-state index contributed by atoms with van der Waals surface area (Å²) in [5.74, 6) is 0.651. The fourth-order valence-corrected chi connectivity index (χ4v) is 1.90. The summed E-state index contributed by atoms with van der Waals surface area (Å²) in [6, 6.07) is 0.106. The van der Waals surface area contributed by atoms with E-state index in [9.17, 15) is 0 Å². The topological polar surface area (TPSA) is 58.0 Å². The Morgan fingerprint density at radius 3 is 2.71 bits per heavy atom. The van der Waals surface area contributed by atoms with Crippen LogP contribution >= 0.6 is 27.5 Å². The van der Waals surface area contributed by atoms with Crippen LogP contribution in [0.3, 0.4) is 0 Å². The molecule has 0 aromatic carbocycles. The van der Waals surface area contributed by atoms with Crippen molar-refractivity contribution in [3.63, 3.8) is 0 Å². The maximum absolute atomic E-state index is 9.09. The van der Waals surface area contributed by atoms with E-state index in [2.05, 4.69) is 52.0 Å². The molecule has 0 bridgehead atoms. The molecule has 96 valence electrons. The van der Waals surface area contributed by atoms with Crippen molar-refractivity contribution in [1.82, 2.24) is 9.97 Å². The minimum absolute atomic E-state index is 0.0135. The van der Waals surface area contributed by atoms with Gasteiger partial charge in [0.25, 0.3) is 0 Å². The van der Waals surface area contributed by atoms with Crippen molar-refractivity contribution in [2.75, 3.05) is 11.9 Å². The summed E-state index contributed by atoms with van der Waals surface area (Å²) in [5, 5.41) is 12.6. The minimum Gasteiger partial charge on any atom is -0.396 e. The third-order valence-corrected chi connectivity index (χ3v) is 3.25. The van der Waals surface area contributed by atoms with Gasteiger partial charge in [-0.1, -0.05) is 20.8 Å². The van der Waals surface area contributed by atoms with Gasteiger partial charge in [-0.2, -0.15) is 4.98 Å². The summed E-state index contributed by atoms with van der Waals surface area (Å²) < 4.78 is 0.758. The highest BCUT2D eigenvalue weighted by Crippen LogP contribution is 2.28. The van der Waals surface area contributed by atoms with E-state index in [1.54, 1.807) is 6.20 Å². The summed E-state index contributed by atoms with van der Waals surface area (Å²) in [6.07, 6.45) is 2.26. The van der Waals surface area contributed by atoms with Crippen LogP contribution in [0, 0.1) is 5.41 Å². The number of hydrogen-bond acceptors (Lipinski definition) is 4. The zero-order valence-corrected chi connectivity index (χ0v) is 12.5. The molecular weight excluding hydrogens is 305 g/mol. The molecule has 1 aromatic heterocycles. The van der Waals surface area contributed by atoms with Crippen molar-refractivity contribution in [1.29, 1.82) is 0 Å². The molecule has 1 atom stereocenters. The van der Waals surface area contributed by atoms with E-state index in [4.69, 9.17) is 16.7 Å². The number of halogens is 2. The number of hydrogen-bond donors (Lipinski definition) is 2. The lowest BCUT2D eigenvalue weighted by Crippen LogP contribution is -2.35. The number of aliphatic hydroxyl groups excluding tert-OH is 1. The van der Waals surface area contributed by atoms with Gasteiger partial charge >= 0.3 is 0 Å². The maximum atomic E-state index is 9.09. The molecular formula is C11H17BrClN3O. The molecule has 0 amide bonds. The lowest BCUT2D eigenvalue weighted by Gasteiger charge is -2.31. The minimum atomic E-state index is 0.0135. The van der Waals surface area contributed by atoms with Crippen LogP contribution in [0.25, 0.3) is 0 Å². The zero-order chi connectivity index (χ0) is 13.1. The van der Waals surface area contributed by atoms with Crippen LogP contribution < -0.4 is 5.32 Å². The highest BCUT2D eigenvalue weighted by Gasteiger charge is 2.25. The van der Waals surface area contributed by atoms with E-state index in [-0.39, 0.29) is 23.3 Å². The van der Waals surface area contributed by atoms with Crippen molar-refractivity contribution in [2.24, 2.45) is 5.41 Å². The van der Waals surface area contributed by atoms with Crippen LogP contribution in [-0.2, 0) is 0 Å². The Hall–Kier alpha value is -0.390. The SMILES string of the molecule is CC(C)(C)C(CCO)Nc1nc(Cl)ncc1Br. The summed E-state index contributed by atoms with van der Waals surface area (Å²) >= 11 is 9.13. The van der Waals surface area contributed by atoms with Crippen molar-refractivity contribution < 1.29 is 5.11 Å². The van der Waals surface area contributed by atoms with Gasteiger partial charge < -0.3 is 10.4 Å². The van der Waals surface area contributed by atoms with Gasteiger partial charge in [0.05, 0.1) is 4.47 Å². The lowest BCUT2D eigenvalue weighted by atomic mass is 9.85. The first-order chi connectivity index (χ1) is 7.84. The monoisotopic (exact) mass is 321 g/mol. The number of rotatable bonds is 4. The molecule has 2 N–H and O–H groups in total. The second kappa shape index (κ2) is 5.98. The zero-order valence-electron chi connectivity index (χ0n) is 10.2. The van der Waals surface area contributed by atoms with E-state index in [1.165, 1.54) is 0 Å². The van der Waals surface area contributed by atoms with E-state index < -0.39 is 0 Å². The average Bonchev–Trinajstić information content (AvgIpc) is 2.21. The number of anilines is 1. The Labute approximate surface area is 115 Å². The van der Waals surface area contributed by atoms with Gasteiger partial charge in [-0.05, 0) is 39.4 Å². The van der Waals surface area contributed by atoms with Crippen LogP contribution in [0.5, 0.6) is 0 Å². The summed E-state index contributed by atoms with van der Waals surface area (Å²) in [6.45, 7) is 6.45. The third kappa shape index (κ3) is 4.41. The van der Waals surface area contributed by atoms with Gasteiger partial charge in [0.15, 0.2) is 0 Å². The molecule has 0 aliphatic rings. The fraction of sp³-hybridized carbons (Fsp3) is 0.636. The predicted molar refractivity (Wildman–Crippen MR) is 73.3 cm³/mol. The summed E-state index contributed by atoms with van der Waals surface area (Å²) in [4.78, 5) is 8.00. The van der Waals surface area contributed by atoms with Crippen LogP contribution in [0.15, 0.2) is 10.7 Å². The van der Waals surface area contributed by atoms with Crippen molar-refractivity contribution in [2.45, 2.75) is 33.2 Å². The van der Waals surface area contributed by atoms with Gasteiger partial charge in [-0.25, -0.2) is 4.98 Å². The van der Waals surface area contributed by atoms with Gasteiger partial charge in [0.1, 0.15) is 5.82 Å². The van der Waals surface area contributed by atoms with Crippen LogP contribution in [-0.4, -0.2) is 27.7 Å². The molecule has 1 unspecified atom stereocenters. The molecule has 1 heterocycles. The number of aliphatic hydroxyl groups is 1. The molecule has 17 heavy (non-hydrogen) atoms. The molecule has 4 nitrogen and oxygen atoms in total. The molecule has 1 rings (SSSR count). The molecule has 0 saturated heterocycles. The number of aromatic nitrogens is 2. The second-order valence-electron chi connectivity index (χ2n) is 4.91. The van der Waals surface area contributed by atoms with E-state index in [0.717, 1.165) is 4.47 Å². The smallest absolute Gasteiger partial charge is 0.224 e. The molecule has 0 aliphatic heterocycles. The first-order valence-electron chi connectivity index (χ1n) is 5.40. The van der Waals surface area contributed by atoms with Gasteiger partial charge in [0.2, 0.25) is 5.28 Å².